The lowest BCUT2D eigenvalue weighted by Crippen LogP contribution is -2.42. The number of pyridine rings is 1. The zero-order valence-corrected chi connectivity index (χ0v) is 18.4. The molecule has 8 nitrogen and oxygen atoms in total. The number of ether oxygens (including phenoxy) is 1. The normalized spacial score (nSPS) is 20.3. The SMILES string of the molecule is CCc1nnc(Nc2cccc(C3CCCN(C(=O)CCN4CCOCC4)C3)n2)s1. The summed E-state index contributed by atoms with van der Waals surface area (Å²) >= 11 is 1.55. The van der Waals surface area contributed by atoms with Gasteiger partial charge in [0.15, 0.2) is 0 Å². The maximum Gasteiger partial charge on any atom is 0.223 e. The fourth-order valence-corrected chi connectivity index (χ4v) is 4.67. The summed E-state index contributed by atoms with van der Waals surface area (Å²) in [6, 6.07) is 6.03. The second-order valence-corrected chi connectivity index (χ2v) is 8.87. The molecule has 0 radical (unpaired) electrons. The molecule has 162 valence electrons. The molecular weight excluding hydrogens is 400 g/mol. The van der Waals surface area contributed by atoms with Crippen LogP contribution in [0, 0.1) is 0 Å². The van der Waals surface area contributed by atoms with Gasteiger partial charge in [0.25, 0.3) is 0 Å². The maximum atomic E-state index is 12.8. The van der Waals surface area contributed by atoms with Gasteiger partial charge in [-0.05, 0) is 31.4 Å². The van der Waals surface area contributed by atoms with Crippen LogP contribution in [0.25, 0.3) is 0 Å². The van der Waals surface area contributed by atoms with Crippen molar-refractivity contribution >= 4 is 28.2 Å². The quantitative estimate of drug-likeness (QED) is 0.723. The standard InChI is InChI=1S/C21H30N6O2S/c1-2-19-24-25-21(30-19)23-18-7-3-6-17(22-18)16-5-4-9-27(15-16)20(28)8-10-26-11-13-29-14-12-26/h3,6-7,16H,2,4-5,8-15H2,1H3,(H,22,23,25). The second-order valence-electron chi connectivity index (χ2n) is 7.81. The van der Waals surface area contributed by atoms with E-state index in [1.54, 1.807) is 11.3 Å². The maximum absolute atomic E-state index is 12.8. The van der Waals surface area contributed by atoms with Crippen molar-refractivity contribution in [1.82, 2.24) is 25.0 Å². The summed E-state index contributed by atoms with van der Waals surface area (Å²) in [5, 5.41) is 13.4. The number of aromatic nitrogens is 3. The van der Waals surface area contributed by atoms with Crippen molar-refractivity contribution in [3.63, 3.8) is 0 Å². The Hall–Kier alpha value is -2.10. The minimum atomic E-state index is 0.251. The summed E-state index contributed by atoms with van der Waals surface area (Å²) in [6.07, 6.45) is 3.54. The zero-order valence-electron chi connectivity index (χ0n) is 17.5. The van der Waals surface area contributed by atoms with E-state index in [2.05, 4.69) is 33.4 Å². The Bertz CT molecular complexity index is 838. The number of nitrogens with one attached hydrogen (secondary N) is 1. The van der Waals surface area contributed by atoms with Crippen LogP contribution in [-0.4, -0.2) is 76.8 Å². The van der Waals surface area contributed by atoms with Gasteiger partial charge in [-0.25, -0.2) is 4.98 Å². The molecule has 9 heteroatoms. The van der Waals surface area contributed by atoms with E-state index in [9.17, 15) is 4.79 Å². The van der Waals surface area contributed by atoms with Gasteiger partial charge in [-0.2, -0.15) is 0 Å². The molecule has 2 aliphatic heterocycles. The number of morpholine rings is 1. The number of hydrogen-bond acceptors (Lipinski definition) is 8. The minimum Gasteiger partial charge on any atom is -0.379 e. The van der Waals surface area contributed by atoms with E-state index in [-0.39, 0.29) is 11.8 Å². The number of nitrogens with zero attached hydrogens (tertiary/aromatic N) is 5. The molecule has 2 fully saturated rings. The average Bonchev–Trinajstić information content (AvgIpc) is 3.26. The van der Waals surface area contributed by atoms with E-state index in [0.717, 1.165) is 86.9 Å². The molecular formula is C21H30N6O2S. The molecule has 2 aromatic rings. The number of likely N-dealkylation sites (tertiary alicyclic amines) is 1. The lowest BCUT2D eigenvalue weighted by Gasteiger charge is -2.33. The molecule has 0 aromatic carbocycles. The zero-order chi connectivity index (χ0) is 20.8. The van der Waals surface area contributed by atoms with Gasteiger partial charge in [0.1, 0.15) is 10.8 Å². The Morgan fingerprint density at radius 3 is 2.93 bits per heavy atom. The number of anilines is 2. The first kappa shape index (κ1) is 21.1. The van der Waals surface area contributed by atoms with Crippen LogP contribution < -0.4 is 5.32 Å². The predicted octanol–water partition coefficient (Wildman–Crippen LogP) is 2.67. The van der Waals surface area contributed by atoms with E-state index >= 15 is 0 Å². The van der Waals surface area contributed by atoms with Crippen LogP contribution in [0.5, 0.6) is 0 Å². The highest BCUT2D eigenvalue weighted by molar-refractivity contribution is 7.15. The highest BCUT2D eigenvalue weighted by Gasteiger charge is 2.26. The Labute approximate surface area is 181 Å². The molecule has 2 aliphatic rings. The third kappa shape index (κ3) is 5.53. The van der Waals surface area contributed by atoms with Crippen LogP contribution in [0.4, 0.5) is 10.9 Å². The highest BCUT2D eigenvalue weighted by atomic mass is 32.1. The number of carbonyl (C=O) groups excluding carboxylic acids is 1. The largest absolute Gasteiger partial charge is 0.379 e. The molecule has 1 unspecified atom stereocenters. The third-order valence-electron chi connectivity index (χ3n) is 5.71. The van der Waals surface area contributed by atoms with Crippen LogP contribution in [-0.2, 0) is 16.0 Å². The van der Waals surface area contributed by atoms with Gasteiger partial charge >= 0.3 is 0 Å². The molecule has 0 aliphatic carbocycles. The molecule has 2 saturated heterocycles. The minimum absolute atomic E-state index is 0.251. The third-order valence-corrected chi connectivity index (χ3v) is 6.70. The van der Waals surface area contributed by atoms with Crippen molar-refractivity contribution < 1.29 is 9.53 Å². The van der Waals surface area contributed by atoms with Crippen molar-refractivity contribution in [2.45, 2.75) is 38.5 Å². The van der Waals surface area contributed by atoms with Crippen LogP contribution in [0.1, 0.15) is 42.8 Å². The number of carbonyl (C=O) groups is 1. The average molecular weight is 431 g/mol. The molecule has 0 bridgehead atoms. The molecule has 1 N–H and O–H groups in total. The Morgan fingerprint density at radius 2 is 2.13 bits per heavy atom. The lowest BCUT2D eigenvalue weighted by molar-refractivity contribution is -0.133. The fourth-order valence-electron chi connectivity index (χ4n) is 3.99. The smallest absolute Gasteiger partial charge is 0.223 e. The van der Waals surface area contributed by atoms with Crippen molar-refractivity contribution in [3.8, 4) is 0 Å². The fraction of sp³-hybridized carbons (Fsp3) is 0.619. The van der Waals surface area contributed by atoms with Crippen LogP contribution >= 0.6 is 11.3 Å². The van der Waals surface area contributed by atoms with Gasteiger partial charge in [-0.3, -0.25) is 9.69 Å². The Kier molecular flexibility index (Phi) is 7.24. The van der Waals surface area contributed by atoms with Crippen LogP contribution in [0.15, 0.2) is 18.2 Å². The second kappa shape index (κ2) is 10.3. The van der Waals surface area contributed by atoms with Gasteiger partial charge in [-0.15, -0.1) is 10.2 Å². The molecule has 2 aromatic heterocycles. The van der Waals surface area contributed by atoms with Crippen molar-refractivity contribution in [1.29, 1.82) is 0 Å². The Morgan fingerprint density at radius 1 is 1.27 bits per heavy atom. The van der Waals surface area contributed by atoms with Crippen molar-refractivity contribution in [3.05, 3.63) is 28.9 Å². The van der Waals surface area contributed by atoms with Gasteiger partial charge < -0.3 is 15.0 Å². The molecule has 30 heavy (non-hydrogen) atoms. The topological polar surface area (TPSA) is 83.5 Å². The van der Waals surface area contributed by atoms with Crippen molar-refractivity contribution in [2.75, 3.05) is 51.3 Å². The molecule has 4 rings (SSSR count). The lowest BCUT2D eigenvalue weighted by atomic mass is 9.94. The highest BCUT2D eigenvalue weighted by Crippen LogP contribution is 2.28. The van der Waals surface area contributed by atoms with Gasteiger partial charge in [0.2, 0.25) is 11.0 Å². The summed E-state index contributed by atoms with van der Waals surface area (Å²) in [5.41, 5.74) is 1.03. The first-order valence-corrected chi connectivity index (χ1v) is 11.7. The molecule has 0 spiro atoms. The van der Waals surface area contributed by atoms with E-state index in [4.69, 9.17) is 9.72 Å². The van der Waals surface area contributed by atoms with E-state index in [1.165, 1.54) is 0 Å². The first-order chi connectivity index (χ1) is 14.7. The molecule has 1 atom stereocenters. The molecule has 4 heterocycles. The molecule has 0 saturated carbocycles. The van der Waals surface area contributed by atoms with Gasteiger partial charge in [-0.1, -0.05) is 24.3 Å². The number of hydrogen-bond donors (Lipinski definition) is 1. The summed E-state index contributed by atoms with van der Waals surface area (Å²) in [7, 11) is 0. The van der Waals surface area contributed by atoms with Gasteiger partial charge in [0, 0.05) is 50.8 Å². The van der Waals surface area contributed by atoms with E-state index in [0.29, 0.717) is 6.42 Å². The van der Waals surface area contributed by atoms with Crippen molar-refractivity contribution in [2.24, 2.45) is 0 Å². The van der Waals surface area contributed by atoms with Gasteiger partial charge in [0.05, 0.1) is 13.2 Å². The number of rotatable bonds is 7. The van der Waals surface area contributed by atoms with Crippen LogP contribution in [0.2, 0.25) is 0 Å². The number of amides is 1. The number of piperidine rings is 1. The van der Waals surface area contributed by atoms with E-state index < -0.39 is 0 Å². The van der Waals surface area contributed by atoms with Crippen LogP contribution in [0.3, 0.4) is 0 Å². The predicted molar refractivity (Wildman–Crippen MR) is 117 cm³/mol. The molecule has 1 amide bonds. The summed E-state index contributed by atoms with van der Waals surface area (Å²) in [4.78, 5) is 21.9. The summed E-state index contributed by atoms with van der Waals surface area (Å²) in [6.45, 7) is 7.88. The monoisotopic (exact) mass is 430 g/mol. The Balaban J connectivity index is 1.33. The summed E-state index contributed by atoms with van der Waals surface area (Å²) < 4.78 is 5.38. The summed E-state index contributed by atoms with van der Waals surface area (Å²) in [5.74, 6) is 1.30. The number of aryl methyl sites for hydroxylation is 1. The van der Waals surface area contributed by atoms with E-state index in [1.807, 2.05) is 17.0 Å². The first-order valence-electron chi connectivity index (χ1n) is 10.9.